The fourth-order valence-electron chi connectivity index (χ4n) is 3.25. The minimum absolute atomic E-state index is 0.0420. The molecule has 0 spiro atoms. The third-order valence-corrected chi connectivity index (χ3v) is 4.42. The smallest absolute Gasteiger partial charge is 0.227 e. The van der Waals surface area contributed by atoms with E-state index in [2.05, 4.69) is 44.4 Å². The Labute approximate surface area is 133 Å². The predicted molar refractivity (Wildman–Crippen MR) is 84.8 cm³/mol. The van der Waals surface area contributed by atoms with Crippen molar-refractivity contribution in [2.75, 3.05) is 6.54 Å². The quantitative estimate of drug-likeness (QED) is 0.798. The molecule has 1 atom stereocenters. The zero-order chi connectivity index (χ0) is 15.8. The van der Waals surface area contributed by atoms with Crippen molar-refractivity contribution < 1.29 is 9.32 Å². The van der Waals surface area contributed by atoms with Crippen molar-refractivity contribution in [2.45, 2.75) is 19.3 Å². The molecule has 0 saturated carbocycles. The molecule has 6 nitrogen and oxygen atoms in total. The third-order valence-electron chi connectivity index (χ3n) is 4.42. The highest BCUT2D eigenvalue weighted by atomic mass is 16.5. The molecule has 1 fully saturated rings. The Morgan fingerprint density at radius 2 is 2.30 bits per heavy atom. The van der Waals surface area contributed by atoms with Gasteiger partial charge in [0.25, 0.3) is 0 Å². The van der Waals surface area contributed by atoms with Crippen LogP contribution in [0.3, 0.4) is 0 Å². The highest BCUT2D eigenvalue weighted by molar-refractivity contribution is 5.83. The van der Waals surface area contributed by atoms with Crippen molar-refractivity contribution >= 4 is 16.8 Å². The Kier molecular flexibility index (Phi) is 3.37. The van der Waals surface area contributed by atoms with Crippen molar-refractivity contribution in [2.24, 2.45) is 13.0 Å². The van der Waals surface area contributed by atoms with E-state index in [0.717, 1.165) is 13.0 Å². The van der Waals surface area contributed by atoms with E-state index in [-0.39, 0.29) is 11.8 Å². The fraction of sp³-hybridized carbons (Fsp3) is 0.353. The molecule has 1 saturated heterocycles. The van der Waals surface area contributed by atoms with Gasteiger partial charge in [0.2, 0.25) is 11.8 Å². The lowest BCUT2D eigenvalue weighted by Gasteiger charge is -2.03. The highest BCUT2D eigenvalue weighted by Crippen LogP contribution is 2.22. The van der Waals surface area contributed by atoms with Gasteiger partial charge in [0.05, 0.1) is 5.52 Å². The van der Waals surface area contributed by atoms with Gasteiger partial charge in [-0.3, -0.25) is 4.79 Å². The van der Waals surface area contributed by atoms with Crippen LogP contribution in [0.5, 0.6) is 0 Å². The summed E-state index contributed by atoms with van der Waals surface area (Å²) in [6.45, 7) is 0.736. The minimum Gasteiger partial charge on any atom is -0.356 e. The predicted octanol–water partition coefficient (Wildman–Crippen LogP) is 1.83. The molecule has 4 rings (SSSR count). The maximum absolute atomic E-state index is 11.6. The number of rotatable bonds is 4. The first-order chi connectivity index (χ1) is 11.2. The summed E-state index contributed by atoms with van der Waals surface area (Å²) in [6, 6.07) is 8.32. The first kappa shape index (κ1) is 14.0. The molecule has 1 aliphatic rings. The second kappa shape index (κ2) is 5.53. The summed E-state index contributed by atoms with van der Waals surface area (Å²) in [7, 11) is 2.03. The second-order valence-corrected chi connectivity index (χ2v) is 6.04. The van der Waals surface area contributed by atoms with Crippen molar-refractivity contribution in [3.63, 3.8) is 0 Å². The molecule has 0 bridgehead atoms. The normalized spacial score (nSPS) is 17.8. The molecule has 0 radical (unpaired) electrons. The van der Waals surface area contributed by atoms with Crippen LogP contribution >= 0.6 is 0 Å². The molecule has 23 heavy (non-hydrogen) atoms. The van der Waals surface area contributed by atoms with E-state index in [4.69, 9.17) is 4.52 Å². The maximum Gasteiger partial charge on any atom is 0.227 e. The van der Waals surface area contributed by atoms with Gasteiger partial charge in [-0.15, -0.1) is 0 Å². The Bertz CT molecular complexity index is 864. The van der Waals surface area contributed by atoms with E-state index >= 15 is 0 Å². The lowest BCUT2D eigenvalue weighted by Crippen LogP contribution is -2.20. The molecule has 2 aromatic heterocycles. The Morgan fingerprint density at radius 1 is 1.39 bits per heavy atom. The maximum atomic E-state index is 11.6. The summed E-state index contributed by atoms with van der Waals surface area (Å²) in [4.78, 5) is 16.1. The molecule has 1 N–H and O–H groups in total. The van der Waals surface area contributed by atoms with Gasteiger partial charge < -0.3 is 14.4 Å². The van der Waals surface area contributed by atoms with Crippen LogP contribution in [0.15, 0.2) is 35.0 Å². The van der Waals surface area contributed by atoms with E-state index < -0.39 is 0 Å². The molecular formula is C17H18N4O2. The van der Waals surface area contributed by atoms with E-state index in [9.17, 15) is 4.79 Å². The Balaban J connectivity index is 1.55. The number of nitrogens with zero attached hydrogens (tertiary/aromatic N) is 3. The summed E-state index contributed by atoms with van der Waals surface area (Å²) in [5, 5.41) is 8.11. The fourth-order valence-corrected chi connectivity index (χ4v) is 3.25. The number of carbonyl (C=O) groups excluding carboxylic acids is 1. The number of aromatic nitrogens is 3. The number of nitrogens with one attached hydrogen (secondary N) is 1. The first-order valence-electron chi connectivity index (χ1n) is 7.83. The molecular weight excluding hydrogens is 292 g/mol. The number of amides is 1. The van der Waals surface area contributed by atoms with E-state index in [0.29, 0.717) is 24.6 Å². The number of fused-ring (bicyclic) bond motifs is 1. The molecule has 1 unspecified atom stereocenters. The van der Waals surface area contributed by atoms with Crippen LogP contribution in [0.1, 0.15) is 23.7 Å². The molecule has 0 aliphatic carbocycles. The molecule has 3 aromatic rings. The average Bonchev–Trinajstić information content (AvgIpc) is 3.24. The number of aryl methyl sites for hydroxylation is 1. The SMILES string of the molecule is Cn1ccc2cccc(Cc3noc(CC4CCNC4=O)n3)c21. The van der Waals surface area contributed by atoms with Crippen LogP contribution < -0.4 is 5.32 Å². The number of hydrogen-bond donors (Lipinski definition) is 1. The van der Waals surface area contributed by atoms with Crippen LogP contribution in [0, 0.1) is 5.92 Å². The first-order valence-corrected chi connectivity index (χ1v) is 7.83. The monoisotopic (exact) mass is 310 g/mol. The summed E-state index contributed by atoms with van der Waals surface area (Å²) in [6.07, 6.45) is 4.02. The second-order valence-electron chi connectivity index (χ2n) is 6.04. The van der Waals surface area contributed by atoms with Crippen LogP contribution in [-0.2, 0) is 24.7 Å². The van der Waals surface area contributed by atoms with E-state index in [1.807, 2.05) is 13.1 Å². The summed E-state index contributed by atoms with van der Waals surface area (Å²) in [5.74, 6) is 1.24. The van der Waals surface area contributed by atoms with Crippen LogP contribution in [0.25, 0.3) is 10.9 Å². The third kappa shape index (κ3) is 2.60. The van der Waals surface area contributed by atoms with Crippen molar-refractivity contribution in [1.29, 1.82) is 0 Å². The summed E-state index contributed by atoms with van der Waals surface area (Å²) >= 11 is 0. The van der Waals surface area contributed by atoms with Crippen molar-refractivity contribution in [3.8, 4) is 0 Å². The van der Waals surface area contributed by atoms with Crippen LogP contribution in [-0.4, -0.2) is 27.2 Å². The molecule has 1 amide bonds. The Morgan fingerprint density at radius 3 is 3.13 bits per heavy atom. The van der Waals surface area contributed by atoms with Gasteiger partial charge in [0.1, 0.15) is 0 Å². The molecule has 118 valence electrons. The number of para-hydroxylation sites is 1. The largest absolute Gasteiger partial charge is 0.356 e. The van der Waals surface area contributed by atoms with Gasteiger partial charge in [0.15, 0.2) is 5.82 Å². The zero-order valence-corrected chi connectivity index (χ0v) is 13.0. The molecule has 1 aromatic carbocycles. The number of carbonyl (C=O) groups is 1. The minimum atomic E-state index is -0.0420. The van der Waals surface area contributed by atoms with Gasteiger partial charge in [0, 0.05) is 38.5 Å². The zero-order valence-electron chi connectivity index (χ0n) is 13.0. The number of benzene rings is 1. The van der Waals surface area contributed by atoms with Crippen LogP contribution in [0.2, 0.25) is 0 Å². The summed E-state index contributed by atoms with van der Waals surface area (Å²) < 4.78 is 7.43. The highest BCUT2D eigenvalue weighted by Gasteiger charge is 2.26. The van der Waals surface area contributed by atoms with Crippen LogP contribution in [0.4, 0.5) is 0 Å². The van der Waals surface area contributed by atoms with E-state index in [1.165, 1.54) is 16.5 Å². The standard InChI is InChI=1S/C17H18N4O2/c1-21-8-6-11-3-2-4-12(16(11)21)9-14-19-15(23-20-14)10-13-5-7-18-17(13)22/h2-4,6,8,13H,5,7,9-10H2,1H3,(H,18,22). The van der Waals surface area contributed by atoms with Crippen molar-refractivity contribution in [3.05, 3.63) is 47.7 Å². The Hall–Kier alpha value is -2.63. The molecule has 3 heterocycles. The molecule has 6 heteroatoms. The number of hydrogen-bond acceptors (Lipinski definition) is 4. The van der Waals surface area contributed by atoms with Gasteiger partial charge in [-0.2, -0.15) is 4.98 Å². The van der Waals surface area contributed by atoms with Gasteiger partial charge in [-0.25, -0.2) is 0 Å². The lowest BCUT2D eigenvalue weighted by molar-refractivity contribution is -0.122. The average molecular weight is 310 g/mol. The van der Waals surface area contributed by atoms with Gasteiger partial charge in [-0.05, 0) is 23.4 Å². The lowest BCUT2D eigenvalue weighted by atomic mass is 10.0. The van der Waals surface area contributed by atoms with Gasteiger partial charge >= 0.3 is 0 Å². The van der Waals surface area contributed by atoms with E-state index in [1.54, 1.807) is 0 Å². The molecule has 1 aliphatic heterocycles. The summed E-state index contributed by atoms with van der Waals surface area (Å²) in [5.41, 5.74) is 2.36. The van der Waals surface area contributed by atoms with Gasteiger partial charge in [-0.1, -0.05) is 23.4 Å². The van der Waals surface area contributed by atoms with Crippen molar-refractivity contribution in [1.82, 2.24) is 20.0 Å². The topological polar surface area (TPSA) is 73.0 Å².